The minimum Gasteiger partial charge on any atom is -0.351 e. The standard InChI is InChI=1S/C26H22F2N4S/c1-16-15-22(17(2)31(16)20-10-6-18(27)7-11-20)25-24(23-5-3-4-14-29-23)30-26(33)32(25)21-12-8-19(28)9-13-21/h3-15,24-25H,1-2H3,(H,30,33)/t24-,25-/m0/s1. The van der Waals surface area contributed by atoms with Gasteiger partial charge in [0.05, 0.1) is 17.8 Å². The average molecular weight is 461 g/mol. The Balaban J connectivity index is 1.67. The summed E-state index contributed by atoms with van der Waals surface area (Å²) in [4.78, 5) is 6.60. The van der Waals surface area contributed by atoms with E-state index >= 15 is 0 Å². The number of hydrogen-bond donors (Lipinski definition) is 1. The zero-order valence-corrected chi connectivity index (χ0v) is 19.0. The summed E-state index contributed by atoms with van der Waals surface area (Å²) in [7, 11) is 0. The molecule has 2 aromatic carbocycles. The van der Waals surface area contributed by atoms with Crippen LogP contribution in [0.4, 0.5) is 14.5 Å². The molecule has 7 heteroatoms. The number of aromatic nitrogens is 2. The third-order valence-electron chi connectivity index (χ3n) is 6.08. The Morgan fingerprint density at radius 3 is 2.12 bits per heavy atom. The lowest BCUT2D eigenvalue weighted by atomic mass is 9.96. The van der Waals surface area contributed by atoms with Crippen molar-refractivity contribution in [2.75, 3.05) is 4.90 Å². The number of aryl methyl sites for hydroxylation is 1. The smallest absolute Gasteiger partial charge is 0.174 e. The summed E-state index contributed by atoms with van der Waals surface area (Å²) in [5.74, 6) is -0.575. The molecular formula is C26H22F2N4S. The molecule has 0 bridgehead atoms. The molecule has 1 saturated heterocycles. The number of hydrogen-bond acceptors (Lipinski definition) is 2. The van der Waals surface area contributed by atoms with Crippen LogP contribution in [-0.2, 0) is 0 Å². The monoisotopic (exact) mass is 460 g/mol. The first-order valence-corrected chi connectivity index (χ1v) is 11.1. The van der Waals surface area contributed by atoms with Crippen molar-refractivity contribution in [2.45, 2.75) is 25.9 Å². The summed E-state index contributed by atoms with van der Waals surface area (Å²) in [5.41, 5.74) is 5.64. The lowest BCUT2D eigenvalue weighted by Gasteiger charge is -2.28. The van der Waals surface area contributed by atoms with E-state index in [1.165, 1.54) is 24.3 Å². The maximum Gasteiger partial charge on any atom is 0.174 e. The third kappa shape index (κ3) is 3.78. The van der Waals surface area contributed by atoms with E-state index in [-0.39, 0.29) is 23.7 Å². The van der Waals surface area contributed by atoms with Crippen LogP contribution in [0.1, 0.15) is 34.7 Å². The van der Waals surface area contributed by atoms with Gasteiger partial charge in [0.2, 0.25) is 0 Å². The van der Waals surface area contributed by atoms with Crippen molar-refractivity contribution in [3.63, 3.8) is 0 Å². The summed E-state index contributed by atoms with van der Waals surface area (Å²) in [6.07, 6.45) is 1.76. The number of benzene rings is 2. The Kier molecular flexibility index (Phi) is 5.42. The molecule has 0 radical (unpaired) electrons. The fourth-order valence-corrected chi connectivity index (χ4v) is 4.97. The largest absolute Gasteiger partial charge is 0.351 e. The van der Waals surface area contributed by atoms with Gasteiger partial charge in [0, 0.05) is 29.0 Å². The number of nitrogens with one attached hydrogen (secondary N) is 1. The first kappa shape index (κ1) is 21.3. The Morgan fingerprint density at radius 1 is 0.879 bits per heavy atom. The van der Waals surface area contributed by atoms with E-state index in [2.05, 4.69) is 20.9 Å². The van der Waals surface area contributed by atoms with Gasteiger partial charge in [-0.05, 0) is 98.4 Å². The van der Waals surface area contributed by atoms with Crippen molar-refractivity contribution in [1.82, 2.24) is 14.9 Å². The molecule has 4 aromatic rings. The summed E-state index contributed by atoms with van der Waals surface area (Å²) in [6, 6.07) is 20.3. The van der Waals surface area contributed by atoms with E-state index in [1.54, 1.807) is 30.5 Å². The van der Waals surface area contributed by atoms with Crippen LogP contribution in [-0.4, -0.2) is 14.7 Å². The molecule has 1 N–H and O–H groups in total. The zero-order valence-electron chi connectivity index (χ0n) is 18.2. The van der Waals surface area contributed by atoms with Gasteiger partial charge < -0.3 is 14.8 Å². The number of anilines is 1. The Labute approximate surface area is 196 Å². The van der Waals surface area contributed by atoms with Gasteiger partial charge >= 0.3 is 0 Å². The van der Waals surface area contributed by atoms with Gasteiger partial charge in [-0.15, -0.1) is 0 Å². The van der Waals surface area contributed by atoms with Gasteiger partial charge in [-0.25, -0.2) is 8.78 Å². The first-order valence-electron chi connectivity index (χ1n) is 10.6. The number of nitrogens with zero attached hydrogens (tertiary/aromatic N) is 3. The van der Waals surface area contributed by atoms with Crippen LogP contribution in [0.15, 0.2) is 79.0 Å². The molecule has 2 aromatic heterocycles. The molecular weight excluding hydrogens is 438 g/mol. The second-order valence-corrected chi connectivity index (χ2v) is 8.50. The van der Waals surface area contributed by atoms with Crippen LogP contribution in [0.25, 0.3) is 5.69 Å². The van der Waals surface area contributed by atoms with Gasteiger partial charge in [0.15, 0.2) is 5.11 Å². The highest BCUT2D eigenvalue weighted by atomic mass is 32.1. The highest BCUT2D eigenvalue weighted by Gasteiger charge is 2.42. The average Bonchev–Trinajstić information content (AvgIpc) is 3.31. The lowest BCUT2D eigenvalue weighted by Crippen LogP contribution is -2.29. The Bertz CT molecular complexity index is 1300. The summed E-state index contributed by atoms with van der Waals surface area (Å²) in [5, 5.41) is 3.98. The van der Waals surface area contributed by atoms with Crippen LogP contribution in [0, 0.1) is 25.5 Å². The number of thiocarbonyl (C=S) groups is 1. The van der Waals surface area contributed by atoms with Gasteiger partial charge in [0.1, 0.15) is 11.6 Å². The Hall–Kier alpha value is -3.58. The van der Waals surface area contributed by atoms with Crippen LogP contribution < -0.4 is 10.2 Å². The summed E-state index contributed by atoms with van der Waals surface area (Å²) < 4.78 is 29.3. The van der Waals surface area contributed by atoms with E-state index in [4.69, 9.17) is 12.2 Å². The molecule has 0 spiro atoms. The maximum atomic E-state index is 13.7. The molecule has 33 heavy (non-hydrogen) atoms. The van der Waals surface area contributed by atoms with Crippen molar-refractivity contribution < 1.29 is 8.78 Å². The zero-order chi connectivity index (χ0) is 23.1. The van der Waals surface area contributed by atoms with Crippen molar-refractivity contribution in [3.8, 4) is 5.69 Å². The number of pyridine rings is 1. The van der Waals surface area contributed by atoms with Crippen LogP contribution in [0.5, 0.6) is 0 Å². The van der Waals surface area contributed by atoms with E-state index < -0.39 is 0 Å². The molecule has 1 aliphatic rings. The first-order chi connectivity index (χ1) is 15.9. The van der Waals surface area contributed by atoms with Crippen LogP contribution >= 0.6 is 12.2 Å². The maximum absolute atomic E-state index is 13.7. The van der Waals surface area contributed by atoms with E-state index in [1.807, 2.05) is 36.9 Å². The molecule has 1 fully saturated rings. The molecule has 166 valence electrons. The molecule has 5 rings (SSSR count). The lowest BCUT2D eigenvalue weighted by molar-refractivity contribution is 0.565. The van der Waals surface area contributed by atoms with Gasteiger partial charge in [0.25, 0.3) is 0 Å². The van der Waals surface area contributed by atoms with E-state index in [9.17, 15) is 8.78 Å². The van der Waals surface area contributed by atoms with E-state index in [0.717, 1.165) is 34.0 Å². The van der Waals surface area contributed by atoms with Crippen LogP contribution in [0.2, 0.25) is 0 Å². The topological polar surface area (TPSA) is 33.1 Å². The summed E-state index contributed by atoms with van der Waals surface area (Å²) in [6.45, 7) is 4.07. The predicted molar refractivity (Wildman–Crippen MR) is 130 cm³/mol. The third-order valence-corrected chi connectivity index (χ3v) is 6.39. The highest BCUT2D eigenvalue weighted by Crippen LogP contribution is 2.43. The quantitative estimate of drug-likeness (QED) is 0.382. The normalized spacial score (nSPS) is 17.9. The summed E-state index contributed by atoms with van der Waals surface area (Å²) >= 11 is 5.74. The number of rotatable bonds is 4. The van der Waals surface area contributed by atoms with Crippen molar-refractivity contribution in [2.24, 2.45) is 0 Å². The molecule has 0 amide bonds. The Morgan fingerprint density at radius 2 is 1.52 bits per heavy atom. The molecule has 2 atom stereocenters. The molecule has 0 unspecified atom stereocenters. The molecule has 3 heterocycles. The SMILES string of the molecule is Cc1cc([C@H]2[C@H](c3ccccn3)NC(=S)N2c2ccc(F)cc2)c(C)n1-c1ccc(F)cc1. The molecule has 0 saturated carbocycles. The van der Waals surface area contributed by atoms with Gasteiger partial charge in [-0.1, -0.05) is 6.07 Å². The fourth-order valence-electron chi connectivity index (χ4n) is 4.63. The van der Waals surface area contributed by atoms with Crippen molar-refractivity contribution in [3.05, 3.63) is 113 Å². The predicted octanol–water partition coefficient (Wildman–Crippen LogP) is 5.94. The van der Waals surface area contributed by atoms with E-state index in [0.29, 0.717) is 5.11 Å². The second kappa shape index (κ2) is 8.41. The van der Waals surface area contributed by atoms with Crippen LogP contribution in [0.3, 0.4) is 0 Å². The van der Waals surface area contributed by atoms with Crippen molar-refractivity contribution in [1.29, 1.82) is 0 Å². The van der Waals surface area contributed by atoms with Gasteiger partial charge in [-0.3, -0.25) is 4.98 Å². The fraction of sp³-hybridized carbons (Fsp3) is 0.154. The highest BCUT2D eigenvalue weighted by molar-refractivity contribution is 7.80. The second-order valence-electron chi connectivity index (χ2n) is 8.11. The minimum atomic E-state index is -0.302. The van der Waals surface area contributed by atoms with Gasteiger partial charge in [-0.2, -0.15) is 0 Å². The molecule has 0 aliphatic carbocycles. The van der Waals surface area contributed by atoms with Crippen molar-refractivity contribution >= 4 is 23.0 Å². The number of halogens is 2. The minimum absolute atomic E-state index is 0.203. The molecule has 4 nitrogen and oxygen atoms in total. The molecule has 1 aliphatic heterocycles.